The van der Waals surface area contributed by atoms with E-state index in [1.54, 1.807) is 0 Å². The van der Waals surface area contributed by atoms with Crippen LogP contribution < -0.4 is 11.1 Å². The van der Waals surface area contributed by atoms with Crippen molar-refractivity contribution in [2.24, 2.45) is 17.6 Å². The Morgan fingerprint density at radius 1 is 1.29 bits per heavy atom. The van der Waals surface area contributed by atoms with E-state index in [0.29, 0.717) is 12.5 Å². The van der Waals surface area contributed by atoms with Crippen molar-refractivity contribution in [1.29, 1.82) is 0 Å². The summed E-state index contributed by atoms with van der Waals surface area (Å²) in [4.78, 5) is 11.9. The van der Waals surface area contributed by atoms with E-state index in [2.05, 4.69) is 33.0 Å². The number of carbonyl (C=O) groups is 1. The van der Waals surface area contributed by atoms with E-state index >= 15 is 0 Å². The van der Waals surface area contributed by atoms with Crippen molar-refractivity contribution in [1.82, 2.24) is 5.32 Å². The predicted octanol–water partition coefficient (Wildman–Crippen LogP) is 2.69. The number of hydrogen-bond acceptors (Lipinski definition) is 2. The Morgan fingerprint density at radius 2 is 1.94 bits per heavy atom. The number of hydrogen-bond donors (Lipinski definition) is 2. The van der Waals surface area contributed by atoms with Gasteiger partial charge in [0.15, 0.2) is 0 Å². The number of amides is 1. The zero-order valence-corrected chi connectivity index (χ0v) is 12.0. The Morgan fingerprint density at radius 3 is 2.41 bits per heavy atom. The molecule has 0 aromatic carbocycles. The van der Waals surface area contributed by atoms with Crippen molar-refractivity contribution in [2.75, 3.05) is 6.54 Å². The molecule has 1 amide bonds. The molecule has 0 aliphatic rings. The third-order valence-electron chi connectivity index (χ3n) is 3.08. The van der Waals surface area contributed by atoms with Crippen LogP contribution in [-0.2, 0) is 4.79 Å². The zero-order valence-electron chi connectivity index (χ0n) is 12.0. The van der Waals surface area contributed by atoms with Crippen LogP contribution in [0.15, 0.2) is 0 Å². The second-order valence-corrected chi connectivity index (χ2v) is 5.38. The topological polar surface area (TPSA) is 55.1 Å². The lowest BCUT2D eigenvalue weighted by Crippen LogP contribution is -2.40. The van der Waals surface area contributed by atoms with Crippen molar-refractivity contribution in [3.63, 3.8) is 0 Å². The van der Waals surface area contributed by atoms with E-state index in [0.717, 1.165) is 32.1 Å². The molecule has 0 aromatic rings. The molecule has 0 saturated heterocycles. The minimum Gasteiger partial charge on any atom is -0.354 e. The number of rotatable bonds is 9. The van der Waals surface area contributed by atoms with Crippen LogP contribution >= 0.6 is 0 Å². The molecule has 0 aliphatic carbocycles. The van der Waals surface area contributed by atoms with Crippen LogP contribution in [0.3, 0.4) is 0 Å². The first-order valence-corrected chi connectivity index (χ1v) is 7.04. The summed E-state index contributed by atoms with van der Waals surface area (Å²) in [6.45, 7) is 9.15. The fourth-order valence-electron chi connectivity index (χ4n) is 2.04. The lowest BCUT2D eigenvalue weighted by atomic mass is 9.98. The van der Waals surface area contributed by atoms with Gasteiger partial charge in [0.1, 0.15) is 0 Å². The summed E-state index contributed by atoms with van der Waals surface area (Å²) in [6.07, 6.45) is 5.16. The first kappa shape index (κ1) is 16.4. The maximum atomic E-state index is 11.9. The van der Waals surface area contributed by atoms with Gasteiger partial charge in [-0.05, 0) is 25.2 Å². The second kappa shape index (κ2) is 9.46. The Balaban J connectivity index is 3.88. The molecule has 0 heterocycles. The SMILES string of the molecule is CCCCC(CC)C(=O)NCC(N)CC(C)C. The number of unbranched alkanes of at least 4 members (excludes halogenated alkanes) is 1. The lowest BCUT2D eigenvalue weighted by Gasteiger charge is -2.18. The van der Waals surface area contributed by atoms with Crippen LogP contribution in [0.1, 0.15) is 59.8 Å². The molecule has 0 bridgehead atoms. The highest BCUT2D eigenvalue weighted by atomic mass is 16.1. The summed E-state index contributed by atoms with van der Waals surface area (Å²) in [7, 11) is 0. The first-order chi connectivity index (χ1) is 8.01. The van der Waals surface area contributed by atoms with E-state index in [-0.39, 0.29) is 17.9 Å². The molecule has 0 radical (unpaired) electrons. The molecule has 0 rings (SSSR count). The Labute approximate surface area is 107 Å². The van der Waals surface area contributed by atoms with Crippen molar-refractivity contribution < 1.29 is 4.79 Å². The minimum absolute atomic E-state index is 0.0858. The summed E-state index contributed by atoms with van der Waals surface area (Å²) >= 11 is 0. The number of nitrogens with one attached hydrogen (secondary N) is 1. The molecule has 0 fully saturated rings. The molecule has 3 nitrogen and oxygen atoms in total. The molecule has 0 spiro atoms. The van der Waals surface area contributed by atoms with Gasteiger partial charge in [0.2, 0.25) is 5.91 Å². The molecule has 0 aromatic heterocycles. The van der Waals surface area contributed by atoms with Crippen LogP contribution in [0.2, 0.25) is 0 Å². The molecule has 0 aliphatic heterocycles. The van der Waals surface area contributed by atoms with Gasteiger partial charge in [0, 0.05) is 18.5 Å². The Bertz CT molecular complexity index is 204. The van der Waals surface area contributed by atoms with Crippen LogP contribution in [0.5, 0.6) is 0 Å². The molecular formula is C14H30N2O. The van der Waals surface area contributed by atoms with Crippen LogP contribution in [-0.4, -0.2) is 18.5 Å². The first-order valence-electron chi connectivity index (χ1n) is 7.04. The molecule has 2 atom stereocenters. The van der Waals surface area contributed by atoms with E-state index in [1.165, 1.54) is 0 Å². The van der Waals surface area contributed by atoms with Gasteiger partial charge in [-0.1, -0.05) is 40.5 Å². The average Bonchev–Trinajstić information content (AvgIpc) is 2.26. The highest BCUT2D eigenvalue weighted by molar-refractivity contribution is 5.78. The van der Waals surface area contributed by atoms with Crippen LogP contribution in [0.4, 0.5) is 0 Å². The highest BCUT2D eigenvalue weighted by Crippen LogP contribution is 2.12. The van der Waals surface area contributed by atoms with Gasteiger partial charge in [-0.15, -0.1) is 0 Å². The molecule has 17 heavy (non-hydrogen) atoms. The largest absolute Gasteiger partial charge is 0.354 e. The molecule has 0 saturated carbocycles. The summed E-state index contributed by atoms with van der Waals surface area (Å²) in [5, 5.41) is 2.98. The third kappa shape index (κ3) is 8.19. The fraction of sp³-hybridized carbons (Fsp3) is 0.929. The van der Waals surface area contributed by atoms with Gasteiger partial charge >= 0.3 is 0 Å². The number of carbonyl (C=O) groups excluding carboxylic acids is 1. The monoisotopic (exact) mass is 242 g/mol. The Hall–Kier alpha value is -0.570. The van der Waals surface area contributed by atoms with Gasteiger partial charge in [0.25, 0.3) is 0 Å². The average molecular weight is 242 g/mol. The van der Waals surface area contributed by atoms with Gasteiger partial charge < -0.3 is 11.1 Å². The molecular weight excluding hydrogens is 212 g/mol. The van der Waals surface area contributed by atoms with Gasteiger partial charge in [-0.3, -0.25) is 4.79 Å². The zero-order chi connectivity index (χ0) is 13.3. The minimum atomic E-state index is 0.0858. The number of nitrogens with two attached hydrogens (primary N) is 1. The van der Waals surface area contributed by atoms with E-state index in [9.17, 15) is 4.79 Å². The van der Waals surface area contributed by atoms with Crippen molar-refractivity contribution >= 4 is 5.91 Å². The van der Waals surface area contributed by atoms with Crippen molar-refractivity contribution in [3.05, 3.63) is 0 Å². The van der Waals surface area contributed by atoms with Crippen LogP contribution in [0, 0.1) is 11.8 Å². The van der Waals surface area contributed by atoms with Gasteiger partial charge in [-0.2, -0.15) is 0 Å². The second-order valence-electron chi connectivity index (χ2n) is 5.38. The summed E-state index contributed by atoms with van der Waals surface area (Å²) < 4.78 is 0. The van der Waals surface area contributed by atoms with Gasteiger partial charge in [0.05, 0.1) is 0 Å². The molecule has 3 N–H and O–H groups in total. The van der Waals surface area contributed by atoms with Crippen molar-refractivity contribution in [3.8, 4) is 0 Å². The molecule has 102 valence electrons. The predicted molar refractivity (Wildman–Crippen MR) is 73.7 cm³/mol. The maximum Gasteiger partial charge on any atom is 0.223 e. The molecule has 2 unspecified atom stereocenters. The summed E-state index contributed by atoms with van der Waals surface area (Å²) in [5.41, 5.74) is 5.95. The normalized spacial score (nSPS) is 14.7. The smallest absolute Gasteiger partial charge is 0.223 e. The van der Waals surface area contributed by atoms with E-state index in [1.807, 2.05) is 0 Å². The van der Waals surface area contributed by atoms with E-state index < -0.39 is 0 Å². The Kier molecular flexibility index (Phi) is 9.14. The third-order valence-corrected chi connectivity index (χ3v) is 3.08. The van der Waals surface area contributed by atoms with Crippen molar-refractivity contribution in [2.45, 2.75) is 65.8 Å². The fourth-order valence-corrected chi connectivity index (χ4v) is 2.04. The quantitative estimate of drug-likeness (QED) is 0.653. The van der Waals surface area contributed by atoms with Crippen LogP contribution in [0.25, 0.3) is 0 Å². The van der Waals surface area contributed by atoms with E-state index in [4.69, 9.17) is 5.73 Å². The summed E-state index contributed by atoms with van der Waals surface area (Å²) in [5.74, 6) is 0.935. The summed E-state index contributed by atoms with van der Waals surface area (Å²) in [6, 6.07) is 0.0858. The molecule has 3 heteroatoms. The standard InChI is InChI=1S/C14H30N2O/c1-5-7-8-12(6-2)14(17)16-10-13(15)9-11(3)4/h11-13H,5-10,15H2,1-4H3,(H,16,17). The van der Waals surface area contributed by atoms with Gasteiger partial charge in [-0.25, -0.2) is 0 Å². The lowest BCUT2D eigenvalue weighted by molar-refractivity contribution is -0.125. The maximum absolute atomic E-state index is 11.9. The highest BCUT2D eigenvalue weighted by Gasteiger charge is 2.16.